The van der Waals surface area contributed by atoms with Crippen molar-refractivity contribution in [1.29, 1.82) is 0 Å². The summed E-state index contributed by atoms with van der Waals surface area (Å²) in [7, 11) is 0. The van der Waals surface area contributed by atoms with Crippen LogP contribution in [0.5, 0.6) is 0 Å². The van der Waals surface area contributed by atoms with Crippen LogP contribution < -0.4 is 34.7 Å². The summed E-state index contributed by atoms with van der Waals surface area (Å²) in [6.45, 7) is 2.16. The third-order valence-electron chi connectivity index (χ3n) is 1.23. The molecule has 0 aliphatic rings. The molecule has 2 N–H and O–H groups in total. The van der Waals surface area contributed by atoms with Gasteiger partial charge in [0.1, 0.15) is 5.60 Å². The van der Waals surface area contributed by atoms with Gasteiger partial charge in [-0.05, 0) is 13.8 Å². The first-order valence-electron chi connectivity index (χ1n) is 2.51. The van der Waals surface area contributed by atoms with Crippen LogP contribution in [0.25, 0.3) is 0 Å². The van der Waals surface area contributed by atoms with Crippen LogP contribution in [0.2, 0.25) is 0 Å². The van der Waals surface area contributed by atoms with Crippen LogP contribution in [0.3, 0.4) is 0 Å². The molecule has 0 amide bonds. The molecule has 5 heteroatoms. The standard InChI is InChI=1S/C5H10O4.Na/c1-3(6)5(2,9)4(7)8;/h3,6,9H,1-2H3,(H,7,8);/q;+1/p-1/t3-,5+;/m0./s1. The van der Waals surface area contributed by atoms with E-state index in [0.717, 1.165) is 6.92 Å². The fourth-order valence-electron chi connectivity index (χ4n) is 0.171. The zero-order chi connectivity index (χ0) is 7.65. The van der Waals surface area contributed by atoms with Gasteiger partial charge in [-0.15, -0.1) is 0 Å². The minimum Gasteiger partial charge on any atom is -0.547 e. The normalized spacial score (nSPS) is 18.4. The molecule has 0 unspecified atom stereocenters. The molecule has 0 rings (SSSR count). The van der Waals surface area contributed by atoms with Crippen molar-refractivity contribution in [2.75, 3.05) is 0 Å². The molecule has 0 heterocycles. The van der Waals surface area contributed by atoms with Gasteiger partial charge >= 0.3 is 29.6 Å². The van der Waals surface area contributed by atoms with Gasteiger partial charge in [0.05, 0.1) is 12.1 Å². The molecule has 0 aliphatic heterocycles. The van der Waals surface area contributed by atoms with E-state index in [2.05, 4.69) is 0 Å². The van der Waals surface area contributed by atoms with Gasteiger partial charge in [0.15, 0.2) is 0 Å². The van der Waals surface area contributed by atoms with Crippen LogP contribution in [0.4, 0.5) is 0 Å². The molecule has 2 atom stereocenters. The summed E-state index contributed by atoms with van der Waals surface area (Å²) in [5.41, 5.74) is -2.14. The van der Waals surface area contributed by atoms with Crippen molar-refractivity contribution in [2.24, 2.45) is 0 Å². The van der Waals surface area contributed by atoms with Gasteiger partial charge in [-0.25, -0.2) is 0 Å². The van der Waals surface area contributed by atoms with Crippen molar-refractivity contribution < 1.29 is 49.7 Å². The predicted molar refractivity (Wildman–Crippen MR) is 27.3 cm³/mol. The van der Waals surface area contributed by atoms with Gasteiger partial charge in [0.25, 0.3) is 0 Å². The molecule has 4 nitrogen and oxygen atoms in total. The summed E-state index contributed by atoms with van der Waals surface area (Å²) < 4.78 is 0. The SMILES string of the molecule is C[C@H](O)[C@@](C)(O)C(=O)[O-].[Na+]. The molecule has 10 heavy (non-hydrogen) atoms. The zero-order valence-corrected chi connectivity index (χ0v) is 8.29. The Morgan fingerprint density at radius 2 is 2.00 bits per heavy atom. The monoisotopic (exact) mass is 156 g/mol. The number of hydrogen-bond acceptors (Lipinski definition) is 4. The number of hydrogen-bond donors (Lipinski definition) is 2. The minimum atomic E-state index is -2.14. The molecular formula is C5H9NaO4. The van der Waals surface area contributed by atoms with E-state index in [1.54, 1.807) is 0 Å². The average Bonchev–Trinajstić information content (AvgIpc) is 1.65. The molecule has 0 radical (unpaired) electrons. The Balaban J connectivity index is 0. The largest absolute Gasteiger partial charge is 1.00 e. The zero-order valence-electron chi connectivity index (χ0n) is 6.29. The van der Waals surface area contributed by atoms with E-state index in [4.69, 9.17) is 10.2 Å². The summed E-state index contributed by atoms with van der Waals surface area (Å²) in [6.07, 6.45) is -1.32. The second-order valence-corrected chi connectivity index (χ2v) is 2.11. The second kappa shape index (κ2) is 4.31. The molecule has 0 spiro atoms. The van der Waals surface area contributed by atoms with Crippen LogP contribution >= 0.6 is 0 Å². The number of carbonyl (C=O) groups excluding carboxylic acids is 1. The van der Waals surface area contributed by atoms with Crippen molar-refractivity contribution >= 4 is 5.97 Å². The molecule has 0 aromatic heterocycles. The summed E-state index contributed by atoms with van der Waals surface area (Å²) in [6, 6.07) is 0. The first kappa shape index (κ1) is 13.0. The van der Waals surface area contributed by atoms with Gasteiger partial charge in [0.2, 0.25) is 0 Å². The van der Waals surface area contributed by atoms with Gasteiger partial charge in [-0.1, -0.05) is 0 Å². The summed E-state index contributed by atoms with van der Waals surface area (Å²) in [5.74, 6) is -1.67. The molecule has 0 saturated heterocycles. The fourth-order valence-corrected chi connectivity index (χ4v) is 0.171. The quantitative estimate of drug-likeness (QED) is 0.392. The van der Waals surface area contributed by atoms with Crippen LogP contribution in [0.15, 0.2) is 0 Å². The number of aliphatic hydroxyl groups excluding tert-OH is 1. The average molecular weight is 156 g/mol. The van der Waals surface area contributed by atoms with E-state index in [-0.39, 0.29) is 29.6 Å². The Morgan fingerprint density at radius 1 is 1.70 bits per heavy atom. The van der Waals surface area contributed by atoms with Crippen LogP contribution in [-0.2, 0) is 4.79 Å². The maximum atomic E-state index is 9.94. The van der Waals surface area contributed by atoms with Crippen LogP contribution in [0, 0.1) is 0 Å². The van der Waals surface area contributed by atoms with Gasteiger partial charge in [-0.2, -0.15) is 0 Å². The van der Waals surface area contributed by atoms with Crippen LogP contribution in [0.1, 0.15) is 13.8 Å². The van der Waals surface area contributed by atoms with Gasteiger partial charge in [0, 0.05) is 0 Å². The van der Waals surface area contributed by atoms with Crippen molar-refractivity contribution in [3.8, 4) is 0 Å². The number of carboxylic acid groups (broad SMARTS) is 1. The van der Waals surface area contributed by atoms with E-state index in [9.17, 15) is 9.90 Å². The Kier molecular flexibility index (Phi) is 5.60. The molecule has 0 aromatic rings. The third-order valence-corrected chi connectivity index (χ3v) is 1.23. The molecule has 0 aliphatic carbocycles. The second-order valence-electron chi connectivity index (χ2n) is 2.11. The third kappa shape index (κ3) is 2.98. The summed E-state index contributed by atoms with van der Waals surface area (Å²) in [4.78, 5) is 9.94. The van der Waals surface area contributed by atoms with Gasteiger partial charge in [-0.3, -0.25) is 0 Å². The van der Waals surface area contributed by atoms with Crippen molar-refractivity contribution in [3.05, 3.63) is 0 Å². The van der Waals surface area contributed by atoms with E-state index < -0.39 is 17.7 Å². The Morgan fingerprint density at radius 3 is 2.00 bits per heavy atom. The molecular weight excluding hydrogens is 147 g/mol. The van der Waals surface area contributed by atoms with E-state index in [1.165, 1.54) is 6.92 Å². The van der Waals surface area contributed by atoms with E-state index in [1.807, 2.05) is 0 Å². The number of carbonyl (C=O) groups is 1. The molecule has 0 bridgehead atoms. The van der Waals surface area contributed by atoms with Crippen molar-refractivity contribution in [3.63, 3.8) is 0 Å². The first-order valence-corrected chi connectivity index (χ1v) is 2.51. The maximum Gasteiger partial charge on any atom is 1.00 e. The molecule has 0 fully saturated rings. The van der Waals surface area contributed by atoms with Crippen LogP contribution in [-0.4, -0.2) is 27.9 Å². The van der Waals surface area contributed by atoms with Crippen molar-refractivity contribution in [2.45, 2.75) is 25.6 Å². The number of aliphatic hydroxyl groups is 2. The minimum absolute atomic E-state index is 0. The molecule has 54 valence electrons. The predicted octanol–water partition coefficient (Wildman–Crippen LogP) is -5.13. The Bertz CT molecular complexity index is 121. The molecule has 0 saturated carbocycles. The Labute approximate surface area is 81.2 Å². The summed E-state index contributed by atoms with van der Waals surface area (Å²) in [5, 5.41) is 27.3. The molecule has 0 aromatic carbocycles. The van der Waals surface area contributed by atoms with Gasteiger partial charge < -0.3 is 20.1 Å². The van der Waals surface area contributed by atoms with E-state index >= 15 is 0 Å². The summed E-state index contributed by atoms with van der Waals surface area (Å²) >= 11 is 0. The van der Waals surface area contributed by atoms with E-state index in [0.29, 0.717) is 0 Å². The number of carboxylic acids is 1. The Hall–Kier alpha value is 0.390. The smallest absolute Gasteiger partial charge is 0.547 e. The fraction of sp³-hybridized carbons (Fsp3) is 0.800. The van der Waals surface area contributed by atoms with Crippen molar-refractivity contribution in [1.82, 2.24) is 0 Å². The topological polar surface area (TPSA) is 80.6 Å². The maximum absolute atomic E-state index is 9.94. The first-order chi connectivity index (χ1) is 3.89. The number of aliphatic carboxylic acids is 1. The number of rotatable bonds is 2.